The molecule has 0 bridgehead atoms. The van der Waals surface area contributed by atoms with Gasteiger partial charge in [-0.15, -0.1) is 29.4 Å². The van der Waals surface area contributed by atoms with Gasteiger partial charge >= 0.3 is 0 Å². The van der Waals surface area contributed by atoms with Gasteiger partial charge in [0.25, 0.3) is 0 Å². The van der Waals surface area contributed by atoms with Crippen LogP contribution < -0.4 is 6.15 Å². The fraction of sp³-hybridized carbons (Fsp3) is 0. The van der Waals surface area contributed by atoms with Gasteiger partial charge in [-0.1, -0.05) is 6.07 Å². The number of halogens is 2. The SMILES string of the molecule is Br.Cl.N.c1ccncc1. The molecule has 0 fully saturated rings. The molecule has 0 aliphatic carbocycles. The van der Waals surface area contributed by atoms with Gasteiger partial charge in [0.2, 0.25) is 0 Å². The summed E-state index contributed by atoms with van der Waals surface area (Å²) in [7, 11) is 0. The van der Waals surface area contributed by atoms with Crippen LogP contribution in [0.3, 0.4) is 0 Å². The summed E-state index contributed by atoms with van der Waals surface area (Å²) in [5, 5.41) is 0. The molecule has 0 saturated carbocycles. The maximum absolute atomic E-state index is 3.78. The van der Waals surface area contributed by atoms with Gasteiger partial charge in [-0.05, 0) is 12.1 Å². The van der Waals surface area contributed by atoms with Gasteiger partial charge in [0.1, 0.15) is 0 Å². The highest BCUT2D eigenvalue weighted by molar-refractivity contribution is 8.93. The summed E-state index contributed by atoms with van der Waals surface area (Å²) in [4.78, 5) is 3.78. The van der Waals surface area contributed by atoms with Crippen molar-refractivity contribution in [3.63, 3.8) is 0 Å². The van der Waals surface area contributed by atoms with E-state index in [0.29, 0.717) is 0 Å². The minimum atomic E-state index is 0. The maximum Gasteiger partial charge on any atom is 0.0267 e. The van der Waals surface area contributed by atoms with E-state index in [1.165, 1.54) is 0 Å². The molecule has 0 atom stereocenters. The summed E-state index contributed by atoms with van der Waals surface area (Å²) in [6.07, 6.45) is 3.50. The molecule has 0 spiro atoms. The van der Waals surface area contributed by atoms with E-state index in [1.54, 1.807) is 12.4 Å². The minimum Gasteiger partial charge on any atom is -0.344 e. The minimum absolute atomic E-state index is 0. The fourth-order valence-corrected chi connectivity index (χ4v) is 0.313. The van der Waals surface area contributed by atoms with Crippen molar-refractivity contribution in [2.24, 2.45) is 0 Å². The Kier molecular flexibility index (Phi) is 19.1. The Morgan fingerprint density at radius 3 is 1.44 bits per heavy atom. The van der Waals surface area contributed by atoms with Crippen LogP contribution in [-0.4, -0.2) is 4.98 Å². The molecule has 0 aliphatic heterocycles. The first-order chi connectivity index (χ1) is 3.00. The van der Waals surface area contributed by atoms with E-state index in [-0.39, 0.29) is 35.5 Å². The standard InChI is InChI=1S/C5H5N.BrH.ClH.H3N/c1-2-4-6-5-3-1;;;/h1-5H;2*1H;1H3. The molecule has 1 aromatic heterocycles. The first kappa shape index (κ1) is 15.9. The molecule has 1 aromatic rings. The number of pyridine rings is 1. The third kappa shape index (κ3) is 7.88. The zero-order valence-corrected chi connectivity index (χ0v) is 7.39. The fourth-order valence-electron chi connectivity index (χ4n) is 0.313. The molecule has 0 radical (unpaired) electrons. The van der Waals surface area contributed by atoms with Gasteiger partial charge in [-0.2, -0.15) is 0 Å². The third-order valence-electron chi connectivity index (χ3n) is 0.566. The second-order valence-corrected chi connectivity index (χ2v) is 1.02. The van der Waals surface area contributed by atoms with E-state index >= 15 is 0 Å². The van der Waals surface area contributed by atoms with E-state index < -0.39 is 0 Å². The van der Waals surface area contributed by atoms with E-state index in [9.17, 15) is 0 Å². The average Bonchev–Trinajstić information content (AvgIpc) is 1.72. The lowest BCUT2D eigenvalue weighted by atomic mass is 10.5. The lowest BCUT2D eigenvalue weighted by Crippen LogP contribution is -1.58. The number of nitrogens with zero attached hydrogens (tertiary/aromatic N) is 1. The molecule has 3 N–H and O–H groups in total. The van der Waals surface area contributed by atoms with Crippen molar-refractivity contribution in [2.45, 2.75) is 0 Å². The monoisotopic (exact) mass is 212 g/mol. The Bertz CT molecular complexity index is 86.9. The molecule has 0 amide bonds. The Morgan fingerprint density at radius 1 is 0.889 bits per heavy atom. The number of aromatic nitrogens is 1. The maximum atomic E-state index is 3.78. The topological polar surface area (TPSA) is 47.9 Å². The van der Waals surface area contributed by atoms with Crippen LogP contribution in [0.15, 0.2) is 30.6 Å². The van der Waals surface area contributed by atoms with Crippen molar-refractivity contribution in [1.29, 1.82) is 0 Å². The molecule has 0 aromatic carbocycles. The van der Waals surface area contributed by atoms with Crippen LogP contribution in [0.1, 0.15) is 0 Å². The number of rotatable bonds is 0. The van der Waals surface area contributed by atoms with Crippen LogP contribution in [0.2, 0.25) is 0 Å². The van der Waals surface area contributed by atoms with Crippen LogP contribution >= 0.6 is 29.4 Å². The predicted molar refractivity (Wildman–Crippen MR) is 46.8 cm³/mol. The van der Waals surface area contributed by atoms with E-state index in [2.05, 4.69) is 4.98 Å². The molecule has 0 saturated heterocycles. The lowest BCUT2D eigenvalue weighted by Gasteiger charge is -1.70. The Morgan fingerprint density at radius 2 is 1.33 bits per heavy atom. The van der Waals surface area contributed by atoms with Crippen LogP contribution in [0, 0.1) is 0 Å². The molecule has 4 heteroatoms. The molecular formula is C5H10BrClN2. The smallest absolute Gasteiger partial charge is 0.0267 e. The van der Waals surface area contributed by atoms with Crippen molar-refractivity contribution in [3.05, 3.63) is 30.6 Å². The highest BCUT2D eigenvalue weighted by Crippen LogP contribution is 1.73. The van der Waals surface area contributed by atoms with Crippen LogP contribution in [0.25, 0.3) is 0 Å². The van der Waals surface area contributed by atoms with E-state index in [0.717, 1.165) is 0 Å². The molecule has 54 valence electrons. The van der Waals surface area contributed by atoms with Crippen molar-refractivity contribution < 1.29 is 0 Å². The molecule has 0 unspecified atom stereocenters. The van der Waals surface area contributed by atoms with Gasteiger partial charge in [0, 0.05) is 12.4 Å². The van der Waals surface area contributed by atoms with Gasteiger partial charge in [0.15, 0.2) is 0 Å². The summed E-state index contributed by atoms with van der Waals surface area (Å²) in [5.74, 6) is 0. The van der Waals surface area contributed by atoms with Gasteiger partial charge in [-0.25, -0.2) is 0 Å². The second kappa shape index (κ2) is 10.8. The van der Waals surface area contributed by atoms with Gasteiger partial charge in [-0.3, -0.25) is 4.98 Å². The largest absolute Gasteiger partial charge is 0.344 e. The average molecular weight is 214 g/mol. The molecule has 0 aliphatic rings. The highest BCUT2D eigenvalue weighted by atomic mass is 79.9. The summed E-state index contributed by atoms with van der Waals surface area (Å²) >= 11 is 0. The Balaban J connectivity index is -0.000000120. The van der Waals surface area contributed by atoms with Crippen molar-refractivity contribution in [2.75, 3.05) is 0 Å². The summed E-state index contributed by atoms with van der Waals surface area (Å²) in [6.45, 7) is 0. The zero-order chi connectivity index (χ0) is 4.24. The predicted octanol–water partition coefficient (Wildman–Crippen LogP) is 2.24. The normalized spacial score (nSPS) is 5.33. The van der Waals surface area contributed by atoms with E-state index in [1.807, 2.05) is 18.2 Å². The Hall–Kier alpha value is -0.120. The molecule has 1 heterocycles. The molecule has 9 heavy (non-hydrogen) atoms. The highest BCUT2D eigenvalue weighted by Gasteiger charge is 1.58. The van der Waals surface area contributed by atoms with Crippen LogP contribution in [-0.2, 0) is 0 Å². The van der Waals surface area contributed by atoms with Gasteiger partial charge in [0.05, 0.1) is 0 Å². The quantitative estimate of drug-likeness (QED) is 0.718. The third-order valence-corrected chi connectivity index (χ3v) is 0.566. The number of hydrogen-bond acceptors (Lipinski definition) is 2. The lowest BCUT2D eigenvalue weighted by molar-refractivity contribution is 1.33. The van der Waals surface area contributed by atoms with Crippen LogP contribution in [0.5, 0.6) is 0 Å². The van der Waals surface area contributed by atoms with Gasteiger partial charge < -0.3 is 6.15 Å². The van der Waals surface area contributed by atoms with Crippen molar-refractivity contribution in [1.82, 2.24) is 11.1 Å². The Labute approximate surface area is 71.5 Å². The number of hydrogen-bond donors (Lipinski definition) is 1. The molecular weight excluding hydrogens is 203 g/mol. The summed E-state index contributed by atoms with van der Waals surface area (Å²) in [6, 6.07) is 5.72. The van der Waals surface area contributed by atoms with Crippen molar-refractivity contribution in [3.8, 4) is 0 Å². The van der Waals surface area contributed by atoms with Crippen molar-refractivity contribution >= 4 is 29.4 Å². The van der Waals surface area contributed by atoms with Crippen LogP contribution in [0.4, 0.5) is 0 Å². The molecule has 2 nitrogen and oxygen atoms in total. The summed E-state index contributed by atoms with van der Waals surface area (Å²) < 4.78 is 0. The van der Waals surface area contributed by atoms with E-state index in [4.69, 9.17) is 0 Å². The zero-order valence-electron chi connectivity index (χ0n) is 4.86. The summed E-state index contributed by atoms with van der Waals surface area (Å²) in [5.41, 5.74) is 0. The first-order valence-corrected chi connectivity index (χ1v) is 1.85. The first-order valence-electron chi connectivity index (χ1n) is 1.85. The second-order valence-electron chi connectivity index (χ2n) is 1.02. The molecule has 1 rings (SSSR count).